The van der Waals surface area contributed by atoms with Crippen LogP contribution < -0.4 is 15.4 Å². The minimum atomic E-state index is -0.677. The first-order valence-electron chi connectivity index (χ1n) is 11.6. The minimum absolute atomic E-state index is 0.0120. The van der Waals surface area contributed by atoms with Crippen molar-refractivity contribution in [1.82, 2.24) is 20.6 Å². The standard InChI is InChI=1S/C26H28N4O5/c1-26(2)33-15-23(35-26)22-13-17(14-28-21-11-12-27-25(21)32)29-24(30-22)16-3-7-19(8-4-16)34-20-9-5-18(31)6-10-20/h3-10,13,21,23,28,31H,11-12,14-15H2,1-2H3,(H,27,32)/t21-,23+/m0/s1. The van der Waals surface area contributed by atoms with E-state index in [4.69, 9.17) is 24.2 Å². The van der Waals surface area contributed by atoms with Crippen LogP contribution in [0.2, 0.25) is 0 Å². The van der Waals surface area contributed by atoms with Gasteiger partial charge in [0.05, 0.1) is 24.0 Å². The lowest BCUT2D eigenvalue weighted by molar-refractivity contribution is -0.139. The fourth-order valence-electron chi connectivity index (χ4n) is 4.07. The summed E-state index contributed by atoms with van der Waals surface area (Å²) < 4.78 is 17.6. The highest BCUT2D eigenvalue weighted by atomic mass is 16.7. The Bertz CT molecular complexity index is 1200. The number of amides is 1. The molecule has 3 N–H and O–H groups in total. The molecule has 35 heavy (non-hydrogen) atoms. The van der Waals surface area contributed by atoms with Crippen LogP contribution in [-0.4, -0.2) is 46.0 Å². The van der Waals surface area contributed by atoms with Gasteiger partial charge in [-0.1, -0.05) is 0 Å². The number of phenols is 1. The van der Waals surface area contributed by atoms with Crippen LogP contribution in [0.3, 0.4) is 0 Å². The molecule has 2 saturated heterocycles. The number of hydrogen-bond acceptors (Lipinski definition) is 8. The third-order valence-electron chi connectivity index (χ3n) is 5.90. The van der Waals surface area contributed by atoms with Gasteiger partial charge in [-0.25, -0.2) is 9.97 Å². The van der Waals surface area contributed by atoms with E-state index >= 15 is 0 Å². The number of carbonyl (C=O) groups is 1. The molecule has 0 unspecified atom stereocenters. The number of carbonyl (C=O) groups excluding carboxylic acids is 1. The quantitative estimate of drug-likeness (QED) is 0.475. The van der Waals surface area contributed by atoms with E-state index in [9.17, 15) is 9.90 Å². The molecule has 9 heteroatoms. The van der Waals surface area contributed by atoms with Crippen LogP contribution in [0.1, 0.15) is 37.8 Å². The topological polar surface area (TPSA) is 115 Å². The van der Waals surface area contributed by atoms with Gasteiger partial charge in [0, 0.05) is 18.7 Å². The zero-order valence-electron chi connectivity index (χ0n) is 19.7. The van der Waals surface area contributed by atoms with Gasteiger partial charge in [-0.15, -0.1) is 0 Å². The van der Waals surface area contributed by atoms with Crippen molar-refractivity contribution in [2.45, 2.75) is 44.7 Å². The predicted octanol–water partition coefficient (Wildman–Crippen LogP) is 3.44. The Balaban J connectivity index is 1.38. The van der Waals surface area contributed by atoms with E-state index < -0.39 is 5.79 Å². The van der Waals surface area contributed by atoms with E-state index in [-0.39, 0.29) is 23.8 Å². The summed E-state index contributed by atoms with van der Waals surface area (Å²) in [6, 6.07) is 15.7. The monoisotopic (exact) mass is 476 g/mol. The lowest BCUT2D eigenvalue weighted by Gasteiger charge is -2.18. The Morgan fingerprint density at radius 2 is 1.83 bits per heavy atom. The van der Waals surface area contributed by atoms with Gasteiger partial charge in [0.25, 0.3) is 0 Å². The molecule has 1 aromatic heterocycles. The summed E-state index contributed by atoms with van der Waals surface area (Å²) in [5.74, 6) is 1.35. The Morgan fingerprint density at radius 1 is 1.11 bits per heavy atom. The maximum absolute atomic E-state index is 11.9. The number of nitrogens with one attached hydrogen (secondary N) is 2. The van der Waals surface area contributed by atoms with E-state index in [2.05, 4.69) is 10.6 Å². The molecule has 9 nitrogen and oxygen atoms in total. The highest BCUT2D eigenvalue weighted by Crippen LogP contribution is 2.33. The smallest absolute Gasteiger partial charge is 0.237 e. The fourth-order valence-corrected chi connectivity index (χ4v) is 4.07. The molecular formula is C26H28N4O5. The molecule has 2 aliphatic heterocycles. The highest BCUT2D eigenvalue weighted by molar-refractivity contribution is 5.83. The molecule has 2 fully saturated rings. The van der Waals surface area contributed by atoms with Gasteiger partial charge in [0.2, 0.25) is 5.91 Å². The van der Waals surface area contributed by atoms with Gasteiger partial charge in [-0.05, 0) is 74.9 Å². The molecular weight excluding hydrogens is 448 g/mol. The van der Waals surface area contributed by atoms with Crippen molar-refractivity contribution in [3.05, 3.63) is 66.0 Å². The number of hydrogen-bond donors (Lipinski definition) is 3. The maximum Gasteiger partial charge on any atom is 0.237 e. The molecule has 0 saturated carbocycles. The minimum Gasteiger partial charge on any atom is -0.508 e. The van der Waals surface area contributed by atoms with Gasteiger partial charge < -0.3 is 30.0 Å². The van der Waals surface area contributed by atoms with Crippen LogP contribution in [0.25, 0.3) is 11.4 Å². The number of aromatic nitrogens is 2. The molecule has 0 radical (unpaired) electrons. The average Bonchev–Trinajstić information content (AvgIpc) is 3.43. The number of benzene rings is 2. The van der Waals surface area contributed by atoms with Crippen LogP contribution >= 0.6 is 0 Å². The van der Waals surface area contributed by atoms with Crippen LogP contribution in [-0.2, 0) is 20.8 Å². The highest BCUT2D eigenvalue weighted by Gasteiger charge is 2.35. The summed E-state index contributed by atoms with van der Waals surface area (Å²) in [7, 11) is 0. The first-order valence-corrected chi connectivity index (χ1v) is 11.6. The Morgan fingerprint density at radius 3 is 2.46 bits per heavy atom. The molecule has 2 aliphatic rings. The zero-order chi connectivity index (χ0) is 24.4. The van der Waals surface area contributed by atoms with Crippen molar-refractivity contribution in [3.63, 3.8) is 0 Å². The third-order valence-corrected chi connectivity index (χ3v) is 5.90. The predicted molar refractivity (Wildman–Crippen MR) is 128 cm³/mol. The normalized spacial score (nSPS) is 21.1. The summed E-state index contributed by atoms with van der Waals surface area (Å²) in [4.78, 5) is 21.5. The number of aromatic hydroxyl groups is 1. The van der Waals surface area contributed by atoms with Gasteiger partial charge in [-0.2, -0.15) is 0 Å². The summed E-state index contributed by atoms with van der Waals surface area (Å²) in [6.07, 6.45) is 0.442. The van der Waals surface area contributed by atoms with E-state index in [1.54, 1.807) is 24.3 Å². The number of ether oxygens (including phenoxy) is 3. The molecule has 0 bridgehead atoms. The molecule has 2 aromatic carbocycles. The van der Waals surface area contributed by atoms with Crippen molar-refractivity contribution < 1.29 is 24.1 Å². The zero-order valence-corrected chi connectivity index (χ0v) is 19.7. The molecule has 0 spiro atoms. The lowest BCUT2D eigenvalue weighted by Crippen LogP contribution is -2.36. The fraction of sp³-hybridized carbons (Fsp3) is 0.346. The first-order chi connectivity index (χ1) is 16.8. The molecule has 5 rings (SSSR count). The molecule has 3 heterocycles. The SMILES string of the molecule is CC1(C)OC[C@H](c2cc(CN[C@H]3CCNC3=O)nc(-c3ccc(Oc4ccc(O)cc4)cc3)n2)O1. The number of nitrogens with zero attached hydrogens (tertiary/aromatic N) is 2. The molecule has 2 atom stereocenters. The molecule has 1 amide bonds. The number of phenolic OH excluding ortho intramolecular Hbond substituents is 1. The van der Waals surface area contributed by atoms with E-state index in [0.717, 1.165) is 23.4 Å². The summed E-state index contributed by atoms with van der Waals surface area (Å²) in [6.45, 7) is 5.27. The lowest BCUT2D eigenvalue weighted by atomic mass is 10.1. The van der Waals surface area contributed by atoms with Gasteiger partial charge in [-0.3, -0.25) is 4.79 Å². The summed E-state index contributed by atoms with van der Waals surface area (Å²) >= 11 is 0. The van der Waals surface area contributed by atoms with Crippen LogP contribution in [0.4, 0.5) is 0 Å². The van der Waals surface area contributed by atoms with Gasteiger partial charge in [0.15, 0.2) is 11.6 Å². The Kier molecular flexibility index (Phi) is 6.38. The molecule has 3 aromatic rings. The van der Waals surface area contributed by atoms with E-state index in [1.807, 2.05) is 44.2 Å². The van der Waals surface area contributed by atoms with Crippen molar-refractivity contribution in [3.8, 4) is 28.6 Å². The van der Waals surface area contributed by atoms with Crippen LogP contribution in [0.15, 0.2) is 54.6 Å². The van der Waals surface area contributed by atoms with Crippen molar-refractivity contribution in [1.29, 1.82) is 0 Å². The Hall–Kier alpha value is -3.53. The number of rotatable bonds is 7. The second-order valence-electron chi connectivity index (χ2n) is 9.06. The molecule has 182 valence electrons. The largest absolute Gasteiger partial charge is 0.508 e. The second-order valence-corrected chi connectivity index (χ2v) is 9.06. The third kappa shape index (κ3) is 5.59. The van der Waals surface area contributed by atoms with Gasteiger partial charge >= 0.3 is 0 Å². The van der Waals surface area contributed by atoms with Crippen molar-refractivity contribution in [2.24, 2.45) is 0 Å². The summed E-state index contributed by atoms with van der Waals surface area (Å²) in [5, 5.41) is 15.6. The maximum atomic E-state index is 11.9. The summed E-state index contributed by atoms with van der Waals surface area (Å²) in [5.41, 5.74) is 2.32. The van der Waals surface area contributed by atoms with Crippen molar-refractivity contribution in [2.75, 3.05) is 13.2 Å². The molecule has 0 aliphatic carbocycles. The van der Waals surface area contributed by atoms with E-state index in [0.29, 0.717) is 37.0 Å². The second kappa shape index (κ2) is 9.61. The van der Waals surface area contributed by atoms with Crippen molar-refractivity contribution >= 4 is 5.91 Å². The van der Waals surface area contributed by atoms with Crippen LogP contribution in [0, 0.1) is 0 Å². The average molecular weight is 477 g/mol. The van der Waals surface area contributed by atoms with E-state index in [1.165, 1.54) is 0 Å². The first kappa shape index (κ1) is 23.2. The van der Waals surface area contributed by atoms with Gasteiger partial charge in [0.1, 0.15) is 23.4 Å². The Labute approximate surface area is 203 Å². The van der Waals surface area contributed by atoms with Crippen LogP contribution in [0.5, 0.6) is 17.2 Å².